The number of nitrogens with zero attached hydrogens (tertiary/aromatic N) is 2. The molecule has 0 aliphatic rings. The molecule has 0 aliphatic heterocycles. The Kier molecular flexibility index (Phi) is 4.98. The summed E-state index contributed by atoms with van der Waals surface area (Å²) in [6.07, 6.45) is 5.68. The van der Waals surface area contributed by atoms with Crippen LogP contribution in [0.1, 0.15) is 41.6 Å². The number of aromatic amines is 1. The van der Waals surface area contributed by atoms with Crippen LogP contribution in [0, 0.1) is 0 Å². The van der Waals surface area contributed by atoms with Crippen molar-refractivity contribution in [3.63, 3.8) is 0 Å². The highest BCUT2D eigenvalue weighted by Crippen LogP contribution is 2.17. The first-order chi connectivity index (χ1) is 10.5. The first-order valence-corrected chi connectivity index (χ1v) is 7.11. The van der Waals surface area contributed by atoms with E-state index < -0.39 is 11.9 Å². The number of carbonyl (C=O) groups excluding carboxylic acids is 1. The number of rotatable bonds is 7. The van der Waals surface area contributed by atoms with Gasteiger partial charge in [-0.2, -0.15) is 0 Å². The third kappa shape index (κ3) is 3.55. The number of carboxylic acids is 1. The van der Waals surface area contributed by atoms with Gasteiger partial charge in [0, 0.05) is 25.2 Å². The number of carbonyl (C=O) groups is 2. The van der Waals surface area contributed by atoms with E-state index in [0.717, 1.165) is 24.2 Å². The second-order valence-electron chi connectivity index (χ2n) is 4.94. The van der Waals surface area contributed by atoms with Gasteiger partial charge in [0.25, 0.3) is 0 Å². The van der Waals surface area contributed by atoms with E-state index in [9.17, 15) is 9.59 Å². The van der Waals surface area contributed by atoms with Gasteiger partial charge in [-0.3, -0.25) is 4.79 Å². The quantitative estimate of drug-likeness (QED) is 0.762. The van der Waals surface area contributed by atoms with Gasteiger partial charge in [-0.15, -0.1) is 0 Å². The number of imidazole rings is 1. The molecule has 0 bridgehead atoms. The number of hydrogen-bond acceptors (Lipinski definition) is 4. The van der Waals surface area contributed by atoms with E-state index >= 15 is 0 Å². The Labute approximate surface area is 127 Å². The number of ether oxygens (including phenoxy) is 1. The molecule has 0 unspecified atom stereocenters. The summed E-state index contributed by atoms with van der Waals surface area (Å²) in [6, 6.07) is 1.82. The molecule has 118 valence electrons. The second kappa shape index (κ2) is 6.93. The zero-order chi connectivity index (χ0) is 16.1. The van der Waals surface area contributed by atoms with E-state index in [1.54, 1.807) is 17.0 Å². The standard InChI is InChI=1S/C15H19N3O4/c1-3-4-11-16-13(15(21)22-2)14(17-11)18-8-7-10(9-18)5-6-12(19)20/h7-9H,3-6H2,1-2H3,(H,16,17)(H,19,20). The third-order valence-electron chi connectivity index (χ3n) is 3.24. The van der Waals surface area contributed by atoms with E-state index in [4.69, 9.17) is 9.84 Å². The number of aromatic nitrogens is 3. The zero-order valence-electron chi connectivity index (χ0n) is 12.6. The number of aryl methyl sites for hydroxylation is 2. The van der Waals surface area contributed by atoms with Gasteiger partial charge in [0.1, 0.15) is 5.82 Å². The number of hydrogen-bond donors (Lipinski definition) is 2. The lowest BCUT2D eigenvalue weighted by Gasteiger charge is -2.01. The van der Waals surface area contributed by atoms with Crippen LogP contribution in [-0.2, 0) is 22.4 Å². The minimum Gasteiger partial charge on any atom is -0.481 e. The molecule has 7 nitrogen and oxygen atoms in total. The first kappa shape index (κ1) is 15.8. The van der Waals surface area contributed by atoms with E-state index in [-0.39, 0.29) is 6.42 Å². The van der Waals surface area contributed by atoms with Crippen molar-refractivity contribution >= 4 is 11.9 Å². The van der Waals surface area contributed by atoms with E-state index in [0.29, 0.717) is 17.9 Å². The van der Waals surface area contributed by atoms with Gasteiger partial charge in [-0.05, 0) is 24.5 Å². The summed E-state index contributed by atoms with van der Waals surface area (Å²) in [4.78, 5) is 29.9. The SMILES string of the molecule is CCCc1nc(-n2ccc(CCC(=O)O)c2)c(C(=O)OC)[nH]1. The zero-order valence-corrected chi connectivity index (χ0v) is 12.6. The van der Waals surface area contributed by atoms with Gasteiger partial charge in [-0.1, -0.05) is 6.92 Å². The molecule has 0 amide bonds. The van der Waals surface area contributed by atoms with Crippen LogP contribution in [0.3, 0.4) is 0 Å². The topological polar surface area (TPSA) is 97.2 Å². The largest absolute Gasteiger partial charge is 0.481 e. The van der Waals surface area contributed by atoms with Gasteiger partial charge >= 0.3 is 11.9 Å². The van der Waals surface area contributed by atoms with Crippen LogP contribution in [0.4, 0.5) is 0 Å². The van der Waals surface area contributed by atoms with Crippen molar-refractivity contribution in [1.82, 2.24) is 14.5 Å². The van der Waals surface area contributed by atoms with E-state index in [1.165, 1.54) is 7.11 Å². The molecule has 7 heteroatoms. The van der Waals surface area contributed by atoms with Crippen LogP contribution >= 0.6 is 0 Å². The smallest absolute Gasteiger partial charge is 0.358 e. The van der Waals surface area contributed by atoms with Gasteiger partial charge < -0.3 is 19.4 Å². The molecule has 22 heavy (non-hydrogen) atoms. The number of methoxy groups -OCH3 is 1. The second-order valence-corrected chi connectivity index (χ2v) is 4.94. The molecule has 2 heterocycles. The molecule has 0 spiro atoms. The molecule has 0 radical (unpaired) electrons. The maximum atomic E-state index is 11.9. The van der Waals surface area contributed by atoms with Gasteiger partial charge in [0.15, 0.2) is 11.5 Å². The van der Waals surface area contributed by atoms with Gasteiger partial charge in [0.05, 0.1) is 7.11 Å². The normalized spacial score (nSPS) is 10.6. The Morgan fingerprint density at radius 1 is 1.41 bits per heavy atom. The first-order valence-electron chi connectivity index (χ1n) is 7.11. The number of carboxylic acid groups (broad SMARTS) is 1. The highest BCUT2D eigenvalue weighted by molar-refractivity contribution is 5.90. The lowest BCUT2D eigenvalue weighted by Crippen LogP contribution is -2.06. The van der Waals surface area contributed by atoms with E-state index in [1.807, 2.05) is 13.0 Å². The molecule has 0 atom stereocenters. The summed E-state index contributed by atoms with van der Waals surface area (Å²) in [5.74, 6) is -0.130. The van der Waals surface area contributed by atoms with Crippen molar-refractivity contribution in [1.29, 1.82) is 0 Å². The highest BCUT2D eigenvalue weighted by atomic mass is 16.5. The van der Waals surface area contributed by atoms with Crippen LogP contribution < -0.4 is 0 Å². The van der Waals surface area contributed by atoms with Crippen LogP contribution in [-0.4, -0.2) is 38.7 Å². The van der Waals surface area contributed by atoms with Crippen molar-refractivity contribution in [2.75, 3.05) is 7.11 Å². The fraction of sp³-hybridized carbons (Fsp3) is 0.400. The molecule has 0 fully saturated rings. The lowest BCUT2D eigenvalue weighted by atomic mass is 10.2. The predicted molar refractivity (Wildman–Crippen MR) is 79.2 cm³/mol. The average Bonchev–Trinajstić information content (AvgIpc) is 3.11. The predicted octanol–water partition coefficient (Wildman–Crippen LogP) is 1.96. The summed E-state index contributed by atoms with van der Waals surface area (Å²) in [7, 11) is 1.32. The minimum atomic E-state index is -0.840. The van der Waals surface area contributed by atoms with Crippen molar-refractivity contribution in [3.8, 4) is 5.82 Å². The number of esters is 1. The summed E-state index contributed by atoms with van der Waals surface area (Å²) in [5.41, 5.74) is 1.17. The maximum Gasteiger partial charge on any atom is 0.358 e. The summed E-state index contributed by atoms with van der Waals surface area (Å²) in [6.45, 7) is 2.03. The van der Waals surface area contributed by atoms with Crippen LogP contribution in [0.5, 0.6) is 0 Å². The van der Waals surface area contributed by atoms with E-state index in [2.05, 4.69) is 9.97 Å². The minimum absolute atomic E-state index is 0.0650. The Hall–Kier alpha value is -2.57. The van der Waals surface area contributed by atoms with Crippen LogP contribution in [0.2, 0.25) is 0 Å². The fourth-order valence-corrected chi connectivity index (χ4v) is 2.17. The number of nitrogens with one attached hydrogen (secondary N) is 1. The maximum absolute atomic E-state index is 11.9. The van der Waals surface area contributed by atoms with Gasteiger partial charge in [-0.25, -0.2) is 9.78 Å². The number of aliphatic carboxylic acids is 1. The van der Waals surface area contributed by atoms with Gasteiger partial charge in [0.2, 0.25) is 0 Å². The fourth-order valence-electron chi connectivity index (χ4n) is 2.17. The monoisotopic (exact) mass is 305 g/mol. The molecule has 2 rings (SSSR count). The lowest BCUT2D eigenvalue weighted by molar-refractivity contribution is -0.136. The van der Waals surface area contributed by atoms with Crippen molar-refractivity contribution in [2.45, 2.75) is 32.6 Å². The van der Waals surface area contributed by atoms with Crippen molar-refractivity contribution in [2.24, 2.45) is 0 Å². The summed E-state index contributed by atoms with van der Waals surface area (Å²) >= 11 is 0. The average molecular weight is 305 g/mol. The molecule has 2 aromatic heterocycles. The molecule has 2 aromatic rings. The molecular formula is C15H19N3O4. The Morgan fingerprint density at radius 3 is 2.82 bits per heavy atom. The summed E-state index contributed by atoms with van der Waals surface area (Å²) < 4.78 is 6.48. The molecule has 0 aromatic carbocycles. The third-order valence-corrected chi connectivity index (χ3v) is 3.24. The Bertz CT molecular complexity index is 672. The van der Waals surface area contributed by atoms with Crippen LogP contribution in [0.15, 0.2) is 18.5 Å². The highest BCUT2D eigenvalue weighted by Gasteiger charge is 2.19. The summed E-state index contributed by atoms with van der Waals surface area (Å²) in [5, 5.41) is 8.72. The molecule has 0 saturated carbocycles. The molecule has 2 N–H and O–H groups in total. The molecule has 0 saturated heterocycles. The Balaban J connectivity index is 2.30. The van der Waals surface area contributed by atoms with Crippen LogP contribution in [0.25, 0.3) is 5.82 Å². The number of H-pyrrole nitrogens is 1. The van der Waals surface area contributed by atoms with Crippen molar-refractivity contribution in [3.05, 3.63) is 35.5 Å². The molecule has 0 aliphatic carbocycles. The van der Waals surface area contributed by atoms with Crippen molar-refractivity contribution < 1.29 is 19.4 Å². The molecular weight excluding hydrogens is 286 g/mol. The Morgan fingerprint density at radius 2 is 2.18 bits per heavy atom.